The summed E-state index contributed by atoms with van der Waals surface area (Å²) in [7, 11) is 1.75. The van der Waals surface area contributed by atoms with E-state index in [1.165, 1.54) is 4.90 Å². The second-order valence-corrected chi connectivity index (χ2v) is 4.78. The minimum Gasteiger partial charge on any atom is -0.362 e. The molecule has 0 saturated heterocycles. The summed E-state index contributed by atoms with van der Waals surface area (Å²) < 4.78 is 37.9. The Balaban J connectivity index is 3.06. The van der Waals surface area contributed by atoms with Crippen molar-refractivity contribution < 1.29 is 13.2 Å². The van der Waals surface area contributed by atoms with Gasteiger partial charge in [0.05, 0.1) is 0 Å². The van der Waals surface area contributed by atoms with Crippen LogP contribution in [0.3, 0.4) is 0 Å². The molecule has 1 aromatic carbocycles. The van der Waals surface area contributed by atoms with Crippen LogP contribution in [-0.4, -0.2) is 26.3 Å². The number of benzene rings is 1. The van der Waals surface area contributed by atoms with Crippen molar-refractivity contribution in [2.75, 3.05) is 25.0 Å². The lowest BCUT2D eigenvalue weighted by Gasteiger charge is -2.28. The lowest BCUT2D eigenvalue weighted by atomic mass is 10.1. The van der Waals surface area contributed by atoms with Crippen LogP contribution in [0.4, 0.5) is 18.9 Å². The highest BCUT2D eigenvalue weighted by molar-refractivity contribution is 6.30. The zero-order valence-corrected chi connectivity index (χ0v) is 11.8. The van der Waals surface area contributed by atoms with Crippen molar-refractivity contribution in [2.24, 2.45) is 0 Å². The van der Waals surface area contributed by atoms with Gasteiger partial charge < -0.3 is 10.2 Å². The first-order valence-corrected chi connectivity index (χ1v) is 6.50. The van der Waals surface area contributed by atoms with Gasteiger partial charge in [-0.25, -0.2) is 0 Å². The molecule has 0 heterocycles. The van der Waals surface area contributed by atoms with E-state index in [1.54, 1.807) is 25.2 Å². The summed E-state index contributed by atoms with van der Waals surface area (Å²) >= 11 is 5.90. The van der Waals surface area contributed by atoms with Crippen molar-refractivity contribution >= 4 is 17.3 Å². The Kier molecular flexibility index (Phi) is 5.94. The monoisotopic (exact) mass is 294 g/mol. The zero-order valence-electron chi connectivity index (χ0n) is 11.0. The predicted molar refractivity (Wildman–Crippen MR) is 72.8 cm³/mol. The van der Waals surface area contributed by atoms with Crippen molar-refractivity contribution in [3.63, 3.8) is 0 Å². The second-order valence-electron chi connectivity index (χ2n) is 4.34. The third kappa shape index (κ3) is 5.28. The lowest BCUT2D eigenvalue weighted by Crippen LogP contribution is -2.35. The second kappa shape index (κ2) is 7.01. The Bertz CT molecular complexity index is 407. The highest BCUT2D eigenvalue weighted by Gasteiger charge is 2.31. The van der Waals surface area contributed by atoms with Gasteiger partial charge in [-0.15, -0.1) is 0 Å². The Labute approximate surface area is 116 Å². The first-order valence-electron chi connectivity index (χ1n) is 6.12. The van der Waals surface area contributed by atoms with Gasteiger partial charge in [-0.1, -0.05) is 18.5 Å². The van der Waals surface area contributed by atoms with E-state index in [0.29, 0.717) is 30.2 Å². The van der Waals surface area contributed by atoms with Gasteiger partial charge >= 0.3 is 6.18 Å². The zero-order chi connectivity index (χ0) is 14.5. The number of alkyl halides is 3. The van der Waals surface area contributed by atoms with Gasteiger partial charge in [-0.05, 0) is 37.2 Å². The van der Waals surface area contributed by atoms with Crippen LogP contribution in [-0.2, 0) is 6.54 Å². The van der Waals surface area contributed by atoms with Crippen molar-refractivity contribution in [1.29, 1.82) is 0 Å². The van der Waals surface area contributed by atoms with E-state index in [2.05, 4.69) is 5.32 Å². The molecule has 0 saturated carbocycles. The summed E-state index contributed by atoms with van der Waals surface area (Å²) in [6.45, 7) is 1.75. The van der Waals surface area contributed by atoms with Crippen LogP contribution >= 0.6 is 11.6 Å². The summed E-state index contributed by atoms with van der Waals surface area (Å²) in [6, 6.07) is 4.97. The molecule has 0 bridgehead atoms. The summed E-state index contributed by atoms with van der Waals surface area (Å²) in [5.74, 6) is 0. The fourth-order valence-electron chi connectivity index (χ4n) is 1.97. The van der Waals surface area contributed by atoms with Gasteiger partial charge in [0.15, 0.2) is 0 Å². The van der Waals surface area contributed by atoms with E-state index in [-0.39, 0.29) is 0 Å². The molecule has 0 atom stereocenters. The maximum absolute atomic E-state index is 12.6. The van der Waals surface area contributed by atoms with Gasteiger partial charge in [0.2, 0.25) is 0 Å². The average molecular weight is 295 g/mol. The molecule has 2 nitrogen and oxygen atoms in total. The maximum Gasteiger partial charge on any atom is 0.405 e. The van der Waals surface area contributed by atoms with E-state index in [1.807, 2.05) is 6.92 Å². The standard InChI is InChI=1S/C13H18ClF3N2/c1-3-6-19(9-13(15,16)17)12-5-4-11(14)7-10(12)8-18-2/h4-5,7,18H,3,6,8-9H2,1-2H3. The summed E-state index contributed by atoms with van der Waals surface area (Å²) in [5, 5.41) is 3.47. The topological polar surface area (TPSA) is 15.3 Å². The summed E-state index contributed by atoms with van der Waals surface area (Å²) in [4.78, 5) is 1.35. The fraction of sp³-hybridized carbons (Fsp3) is 0.538. The Hall–Kier alpha value is -0.940. The average Bonchev–Trinajstić information content (AvgIpc) is 2.27. The number of rotatable bonds is 6. The molecule has 108 valence electrons. The van der Waals surface area contributed by atoms with Crippen LogP contribution in [0.25, 0.3) is 0 Å². The molecule has 0 fully saturated rings. The van der Waals surface area contributed by atoms with Crippen LogP contribution in [0.15, 0.2) is 18.2 Å². The third-order valence-electron chi connectivity index (χ3n) is 2.61. The Morgan fingerprint density at radius 2 is 2.00 bits per heavy atom. The SMILES string of the molecule is CCCN(CC(F)(F)F)c1ccc(Cl)cc1CNC. The van der Waals surface area contributed by atoms with Crippen molar-refractivity contribution in [1.82, 2.24) is 5.32 Å². The first-order chi connectivity index (χ1) is 8.87. The minimum atomic E-state index is -4.22. The van der Waals surface area contributed by atoms with Gasteiger partial charge in [-0.3, -0.25) is 0 Å². The summed E-state index contributed by atoms with van der Waals surface area (Å²) in [5.41, 5.74) is 1.35. The van der Waals surface area contributed by atoms with Crippen molar-refractivity contribution in [3.8, 4) is 0 Å². The number of anilines is 1. The number of hydrogen-bond acceptors (Lipinski definition) is 2. The van der Waals surface area contributed by atoms with Crippen LogP contribution in [0.1, 0.15) is 18.9 Å². The molecular weight excluding hydrogens is 277 g/mol. The number of hydrogen-bond donors (Lipinski definition) is 1. The largest absolute Gasteiger partial charge is 0.405 e. The summed E-state index contributed by atoms with van der Waals surface area (Å²) in [6.07, 6.45) is -3.57. The number of nitrogens with zero attached hydrogens (tertiary/aromatic N) is 1. The van der Waals surface area contributed by atoms with Crippen LogP contribution in [0.5, 0.6) is 0 Å². The van der Waals surface area contributed by atoms with E-state index < -0.39 is 12.7 Å². The molecule has 0 amide bonds. The van der Waals surface area contributed by atoms with Gasteiger partial charge in [0, 0.05) is 23.8 Å². The van der Waals surface area contributed by atoms with Gasteiger partial charge in [0.1, 0.15) is 6.54 Å². The quantitative estimate of drug-likeness (QED) is 0.857. The molecule has 0 aliphatic heterocycles. The lowest BCUT2D eigenvalue weighted by molar-refractivity contribution is -0.119. The van der Waals surface area contributed by atoms with E-state index in [9.17, 15) is 13.2 Å². The third-order valence-corrected chi connectivity index (χ3v) is 2.85. The molecule has 0 unspecified atom stereocenters. The van der Waals surface area contributed by atoms with Crippen LogP contribution in [0.2, 0.25) is 5.02 Å². The normalized spacial score (nSPS) is 11.7. The number of halogens is 4. The highest BCUT2D eigenvalue weighted by Crippen LogP contribution is 2.28. The molecule has 1 aromatic rings. The van der Waals surface area contributed by atoms with E-state index in [0.717, 1.165) is 5.56 Å². The minimum absolute atomic E-state index is 0.359. The smallest absolute Gasteiger partial charge is 0.362 e. The molecule has 0 spiro atoms. The van der Waals surface area contributed by atoms with Crippen molar-refractivity contribution in [2.45, 2.75) is 26.1 Å². The van der Waals surface area contributed by atoms with Crippen molar-refractivity contribution in [3.05, 3.63) is 28.8 Å². The number of nitrogens with one attached hydrogen (secondary N) is 1. The Morgan fingerprint density at radius 1 is 1.32 bits per heavy atom. The van der Waals surface area contributed by atoms with Crippen LogP contribution in [0, 0.1) is 0 Å². The van der Waals surface area contributed by atoms with Crippen LogP contribution < -0.4 is 10.2 Å². The predicted octanol–water partition coefficient (Wildman–Crippen LogP) is 3.84. The first kappa shape index (κ1) is 16.1. The van der Waals surface area contributed by atoms with Gasteiger partial charge in [0.25, 0.3) is 0 Å². The van der Waals surface area contributed by atoms with E-state index in [4.69, 9.17) is 11.6 Å². The molecule has 0 radical (unpaired) electrons. The molecule has 1 rings (SSSR count). The molecule has 1 N–H and O–H groups in total. The molecule has 0 aliphatic rings. The molecule has 6 heteroatoms. The van der Waals surface area contributed by atoms with Gasteiger partial charge in [-0.2, -0.15) is 13.2 Å². The molecule has 0 aliphatic carbocycles. The molecular formula is C13H18ClF3N2. The molecule has 0 aromatic heterocycles. The highest BCUT2D eigenvalue weighted by atomic mass is 35.5. The molecule has 19 heavy (non-hydrogen) atoms. The maximum atomic E-state index is 12.6. The Morgan fingerprint density at radius 3 is 2.53 bits per heavy atom. The fourth-order valence-corrected chi connectivity index (χ4v) is 2.16. The van der Waals surface area contributed by atoms with E-state index >= 15 is 0 Å².